The van der Waals surface area contributed by atoms with Gasteiger partial charge in [-0.2, -0.15) is 5.10 Å². The molecule has 160 valence electrons. The van der Waals surface area contributed by atoms with Crippen LogP contribution in [0.15, 0.2) is 92.3 Å². The van der Waals surface area contributed by atoms with Crippen molar-refractivity contribution >= 4 is 50.7 Å². The normalized spacial score (nSPS) is 11.2. The molecule has 0 aliphatic heterocycles. The molecule has 1 aromatic heterocycles. The van der Waals surface area contributed by atoms with Crippen molar-refractivity contribution in [2.75, 3.05) is 5.75 Å². The quantitative estimate of drug-likeness (QED) is 0.177. The Kier molecular flexibility index (Phi) is 6.67. The molecule has 3 aromatic carbocycles. The Morgan fingerprint density at radius 2 is 1.91 bits per heavy atom. The van der Waals surface area contributed by atoms with Gasteiger partial charge in [0.25, 0.3) is 11.5 Å². The van der Waals surface area contributed by atoms with Crippen molar-refractivity contribution in [3.05, 3.63) is 93.2 Å². The third-order valence-electron chi connectivity index (χ3n) is 4.44. The summed E-state index contributed by atoms with van der Waals surface area (Å²) in [4.78, 5) is 30.1. The number of phenols is 1. The van der Waals surface area contributed by atoms with Crippen molar-refractivity contribution in [1.29, 1.82) is 0 Å². The average Bonchev–Trinajstić information content (AvgIpc) is 2.79. The molecule has 0 radical (unpaired) electrons. The number of rotatable bonds is 6. The topological polar surface area (TPSA) is 96.6 Å². The number of halogens is 1. The SMILES string of the molecule is O=C(CSc1nc2ccccc2c(=O)n1-c1ccc(Br)cc1)NN=Cc1cccc(O)c1. The number of hydrogen-bond donors (Lipinski definition) is 2. The minimum atomic E-state index is -0.351. The molecular weight excluding hydrogens is 492 g/mol. The van der Waals surface area contributed by atoms with E-state index >= 15 is 0 Å². The van der Waals surface area contributed by atoms with Gasteiger partial charge >= 0.3 is 0 Å². The molecule has 0 saturated carbocycles. The largest absolute Gasteiger partial charge is 0.508 e. The monoisotopic (exact) mass is 508 g/mol. The van der Waals surface area contributed by atoms with Crippen LogP contribution in [0.4, 0.5) is 0 Å². The highest BCUT2D eigenvalue weighted by atomic mass is 79.9. The first-order valence-corrected chi connectivity index (χ1v) is 11.3. The molecule has 0 aliphatic rings. The fourth-order valence-corrected chi connectivity index (χ4v) is 4.04. The second kappa shape index (κ2) is 9.80. The predicted octanol–water partition coefficient (Wildman–Crippen LogP) is 4.10. The number of fused-ring (bicyclic) bond motifs is 1. The van der Waals surface area contributed by atoms with Crippen LogP contribution < -0.4 is 11.0 Å². The molecule has 4 aromatic rings. The standard InChI is InChI=1S/C23H17BrN4O3S/c24-16-8-10-17(11-9-16)28-22(31)19-6-1-2-7-20(19)26-23(28)32-14-21(30)27-25-13-15-4-3-5-18(29)12-15/h1-13,29H,14H2,(H,27,30). The van der Waals surface area contributed by atoms with Gasteiger partial charge in [-0.1, -0.05) is 52.0 Å². The fourth-order valence-electron chi connectivity index (χ4n) is 2.97. The summed E-state index contributed by atoms with van der Waals surface area (Å²) in [6.45, 7) is 0. The highest BCUT2D eigenvalue weighted by Crippen LogP contribution is 2.22. The summed E-state index contributed by atoms with van der Waals surface area (Å²) in [6, 6.07) is 20.9. The maximum Gasteiger partial charge on any atom is 0.266 e. The maximum atomic E-state index is 13.2. The second-order valence-electron chi connectivity index (χ2n) is 6.71. The summed E-state index contributed by atoms with van der Waals surface area (Å²) in [5, 5.41) is 14.3. The van der Waals surface area contributed by atoms with Crippen LogP contribution in [0.2, 0.25) is 0 Å². The second-order valence-corrected chi connectivity index (χ2v) is 8.56. The maximum absolute atomic E-state index is 13.2. The predicted molar refractivity (Wildman–Crippen MR) is 130 cm³/mol. The number of nitrogens with zero attached hydrogens (tertiary/aromatic N) is 3. The Bertz CT molecular complexity index is 1370. The van der Waals surface area contributed by atoms with Gasteiger partial charge in [-0.05, 0) is 54.1 Å². The molecule has 1 amide bonds. The van der Waals surface area contributed by atoms with Crippen LogP contribution in [0.5, 0.6) is 5.75 Å². The first-order chi connectivity index (χ1) is 15.5. The van der Waals surface area contributed by atoms with Crippen LogP contribution >= 0.6 is 27.7 Å². The molecule has 0 bridgehead atoms. The molecule has 0 atom stereocenters. The van der Waals surface area contributed by atoms with E-state index in [1.54, 1.807) is 36.4 Å². The van der Waals surface area contributed by atoms with Crippen LogP contribution in [0, 0.1) is 0 Å². The summed E-state index contributed by atoms with van der Waals surface area (Å²) < 4.78 is 2.39. The summed E-state index contributed by atoms with van der Waals surface area (Å²) >= 11 is 4.55. The molecule has 0 saturated heterocycles. The van der Waals surface area contributed by atoms with E-state index in [9.17, 15) is 14.7 Å². The van der Waals surface area contributed by atoms with Gasteiger partial charge in [-0.15, -0.1) is 0 Å². The zero-order valence-electron chi connectivity index (χ0n) is 16.6. The lowest BCUT2D eigenvalue weighted by Gasteiger charge is -2.13. The number of aromatic nitrogens is 2. The van der Waals surface area contributed by atoms with Gasteiger partial charge in [0, 0.05) is 4.47 Å². The van der Waals surface area contributed by atoms with Gasteiger partial charge in [-0.3, -0.25) is 14.2 Å². The van der Waals surface area contributed by atoms with Crippen LogP contribution in [0.3, 0.4) is 0 Å². The molecule has 0 aliphatic carbocycles. The molecule has 0 fully saturated rings. The summed E-state index contributed by atoms with van der Waals surface area (Å²) in [5.41, 5.74) is 4.11. The number of para-hydroxylation sites is 1. The first-order valence-electron chi connectivity index (χ1n) is 9.53. The number of hydrogen-bond acceptors (Lipinski definition) is 6. The Balaban J connectivity index is 1.56. The highest BCUT2D eigenvalue weighted by Gasteiger charge is 2.14. The van der Waals surface area contributed by atoms with Crippen molar-refractivity contribution in [3.8, 4) is 11.4 Å². The van der Waals surface area contributed by atoms with E-state index in [1.807, 2.05) is 30.3 Å². The number of phenolic OH excluding ortho intramolecular Hbond substituents is 1. The van der Waals surface area contributed by atoms with Crippen LogP contribution in [-0.4, -0.2) is 32.5 Å². The molecule has 0 spiro atoms. The van der Waals surface area contributed by atoms with E-state index < -0.39 is 0 Å². The van der Waals surface area contributed by atoms with E-state index in [-0.39, 0.29) is 23.0 Å². The molecule has 32 heavy (non-hydrogen) atoms. The molecule has 4 rings (SSSR count). The van der Waals surface area contributed by atoms with Crippen molar-refractivity contribution in [1.82, 2.24) is 15.0 Å². The van der Waals surface area contributed by atoms with Crippen molar-refractivity contribution in [2.24, 2.45) is 5.10 Å². The number of nitrogens with one attached hydrogen (secondary N) is 1. The van der Waals surface area contributed by atoms with Crippen molar-refractivity contribution in [3.63, 3.8) is 0 Å². The molecular formula is C23H17BrN4O3S. The summed E-state index contributed by atoms with van der Waals surface area (Å²) in [6.07, 6.45) is 1.44. The zero-order valence-corrected chi connectivity index (χ0v) is 19.0. The van der Waals surface area contributed by atoms with Crippen LogP contribution in [0.1, 0.15) is 5.56 Å². The molecule has 7 nitrogen and oxygen atoms in total. The lowest BCUT2D eigenvalue weighted by molar-refractivity contribution is -0.118. The Hall–Kier alpha value is -3.43. The van der Waals surface area contributed by atoms with Gasteiger partial charge in [0.1, 0.15) is 5.75 Å². The van der Waals surface area contributed by atoms with E-state index in [4.69, 9.17) is 0 Å². The summed E-state index contributed by atoms with van der Waals surface area (Å²) in [5.74, 6) is -0.223. The third-order valence-corrected chi connectivity index (χ3v) is 5.90. The van der Waals surface area contributed by atoms with Crippen molar-refractivity contribution in [2.45, 2.75) is 5.16 Å². The number of thioether (sulfide) groups is 1. The number of aromatic hydroxyl groups is 1. The minimum absolute atomic E-state index is 0.0126. The minimum Gasteiger partial charge on any atom is -0.508 e. The lowest BCUT2D eigenvalue weighted by atomic mass is 10.2. The number of carbonyl (C=O) groups is 1. The number of hydrazone groups is 1. The third kappa shape index (κ3) is 5.06. The zero-order chi connectivity index (χ0) is 22.5. The Morgan fingerprint density at radius 1 is 1.12 bits per heavy atom. The van der Waals surface area contributed by atoms with Gasteiger partial charge in [0.2, 0.25) is 0 Å². The first kappa shape index (κ1) is 21.8. The number of amides is 1. The highest BCUT2D eigenvalue weighted by molar-refractivity contribution is 9.10. The molecule has 2 N–H and O–H groups in total. The van der Waals surface area contributed by atoms with Gasteiger partial charge in [0.05, 0.1) is 28.6 Å². The van der Waals surface area contributed by atoms with E-state index in [0.717, 1.165) is 16.2 Å². The van der Waals surface area contributed by atoms with Gasteiger partial charge in [0.15, 0.2) is 5.16 Å². The molecule has 0 unspecified atom stereocenters. The van der Waals surface area contributed by atoms with Crippen LogP contribution in [0.25, 0.3) is 16.6 Å². The van der Waals surface area contributed by atoms with E-state index in [2.05, 4.69) is 31.4 Å². The van der Waals surface area contributed by atoms with Crippen LogP contribution in [-0.2, 0) is 4.79 Å². The molecule has 1 heterocycles. The van der Waals surface area contributed by atoms with E-state index in [1.165, 1.54) is 16.8 Å². The number of carbonyl (C=O) groups excluding carboxylic acids is 1. The Morgan fingerprint density at radius 3 is 2.69 bits per heavy atom. The fraction of sp³-hybridized carbons (Fsp3) is 0.0435. The van der Waals surface area contributed by atoms with Gasteiger partial charge < -0.3 is 5.11 Å². The Labute approximate surface area is 195 Å². The molecule has 9 heteroatoms. The van der Waals surface area contributed by atoms with Crippen molar-refractivity contribution < 1.29 is 9.90 Å². The van der Waals surface area contributed by atoms with Gasteiger partial charge in [-0.25, -0.2) is 10.4 Å². The average molecular weight is 509 g/mol. The number of benzene rings is 3. The van der Waals surface area contributed by atoms with E-state index in [0.29, 0.717) is 27.3 Å². The smallest absolute Gasteiger partial charge is 0.266 e. The lowest BCUT2D eigenvalue weighted by Crippen LogP contribution is -2.24. The summed E-state index contributed by atoms with van der Waals surface area (Å²) in [7, 11) is 0.